The van der Waals surface area contributed by atoms with Gasteiger partial charge in [-0.05, 0) is 46.1 Å². The van der Waals surface area contributed by atoms with E-state index in [0.29, 0.717) is 0 Å². The molecule has 0 saturated carbocycles. The monoisotopic (exact) mass is 356 g/mol. The maximum Gasteiger partial charge on any atom is 0.129 e. The molecule has 0 atom stereocenters. The SMILES string of the molecule is CCCc1cc2c(Br)ccc(Br)c2nc1NC. The van der Waals surface area contributed by atoms with Gasteiger partial charge in [0.25, 0.3) is 0 Å². The summed E-state index contributed by atoms with van der Waals surface area (Å²) in [7, 11) is 1.92. The van der Waals surface area contributed by atoms with E-state index in [1.165, 1.54) is 5.56 Å². The van der Waals surface area contributed by atoms with Gasteiger partial charge >= 0.3 is 0 Å². The van der Waals surface area contributed by atoms with E-state index in [4.69, 9.17) is 0 Å². The van der Waals surface area contributed by atoms with Gasteiger partial charge in [-0.15, -0.1) is 0 Å². The Morgan fingerprint density at radius 1 is 1.24 bits per heavy atom. The molecule has 0 spiro atoms. The molecule has 1 N–H and O–H groups in total. The van der Waals surface area contributed by atoms with Crippen LogP contribution in [0, 0.1) is 0 Å². The summed E-state index contributed by atoms with van der Waals surface area (Å²) in [6.45, 7) is 2.18. The Hall–Kier alpha value is -0.610. The van der Waals surface area contributed by atoms with Crippen molar-refractivity contribution in [2.24, 2.45) is 0 Å². The lowest BCUT2D eigenvalue weighted by Gasteiger charge is -2.11. The molecule has 0 unspecified atom stereocenters. The van der Waals surface area contributed by atoms with E-state index in [1.54, 1.807) is 0 Å². The predicted molar refractivity (Wildman–Crippen MR) is 80.7 cm³/mol. The lowest BCUT2D eigenvalue weighted by molar-refractivity contribution is 0.918. The first kappa shape index (κ1) is 12.8. The van der Waals surface area contributed by atoms with Crippen LogP contribution >= 0.6 is 31.9 Å². The highest BCUT2D eigenvalue weighted by molar-refractivity contribution is 9.11. The van der Waals surface area contributed by atoms with Crippen LogP contribution in [-0.4, -0.2) is 12.0 Å². The molecule has 2 aromatic rings. The Morgan fingerprint density at radius 2 is 1.94 bits per heavy atom. The molecule has 0 aliphatic rings. The fourth-order valence-corrected chi connectivity index (χ4v) is 2.78. The van der Waals surface area contributed by atoms with Crippen molar-refractivity contribution in [3.63, 3.8) is 0 Å². The Morgan fingerprint density at radius 3 is 2.59 bits per heavy atom. The molecule has 0 amide bonds. The maximum absolute atomic E-state index is 4.68. The molecule has 1 heterocycles. The normalized spacial score (nSPS) is 10.8. The number of benzene rings is 1. The minimum Gasteiger partial charge on any atom is -0.373 e. The summed E-state index contributed by atoms with van der Waals surface area (Å²) < 4.78 is 2.11. The van der Waals surface area contributed by atoms with Crippen molar-refractivity contribution in [2.45, 2.75) is 19.8 Å². The zero-order valence-corrected chi connectivity index (χ0v) is 13.0. The van der Waals surface area contributed by atoms with Gasteiger partial charge in [-0.2, -0.15) is 0 Å². The van der Waals surface area contributed by atoms with Crippen molar-refractivity contribution < 1.29 is 0 Å². The third-order valence-corrected chi connectivity index (χ3v) is 4.05. The van der Waals surface area contributed by atoms with Crippen molar-refractivity contribution in [1.29, 1.82) is 0 Å². The molecular weight excluding hydrogens is 344 g/mol. The van der Waals surface area contributed by atoms with Crippen LogP contribution in [0.3, 0.4) is 0 Å². The molecule has 0 fully saturated rings. The lowest BCUT2D eigenvalue weighted by atomic mass is 10.1. The van der Waals surface area contributed by atoms with E-state index in [2.05, 4.69) is 55.2 Å². The molecule has 17 heavy (non-hydrogen) atoms. The number of anilines is 1. The zero-order chi connectivity index (χ0) is 12.4. The zero-order valence-electron chi connectivity index (χ0n) is 9.85. The van der Waals surface area contributed by atoms with Crippen LogP contribution in [0.1, 0.15) is 18.9 Å². The van der Waals surface area contributed by atoms with Gasteiger partial charge < -0.3 is 5.32 Å². The van der Waals surface area contributed by atoms with Crippen LogP contribution in [0.5, 0.6) is 0 Å². The topological polar surface area (TPSA) is 24.9 Å². The standard InChI is InChI=1S/C13H14Br2N2/c1-3-4-8-7-9-10(14)5-6-11(15)12(9)17-13(8)16-2/h5-7H,3-4H2,1-2H3,(H,16,17). The van der Waals surface area contributed by atoms with Crippen molar-refractivity contribution >= 4 is 48.6 Å². The highest BCUT2D eigenvalue weighted by Gasteiger charge is 2.09. The smallest absolute Gasteiger partial charge is 0.129 e. The molecule has 0 aliphatic carbocycles. The largest absolute Gasteiger partial charge is 0.373 e. The van der Waals surface area contributed by atoms with Crippen LogP contribution in [0.2, 0.25) is 0 Å². The van der Waals surface area contributed by atoms with E-state index in [0.717, 1.165) is 38.5 Å². The van der Waals surface area contributed by atoms with Crippen molar-refractivity contribution in [2.75, 3.05) is 12.4 Å². The molecule has 1 aromatic carbocycles. The number of nitrogens with zero attached hydrogens (tertiary/aromatic N) is 1. The molecule has 0 radical (unpaired) electrons. The molecule has 2 rings (SSSR count). The van der Waals surface area contributed by atoms with Crippen molar-refractivity contribution in [1.82, 2.24) is 4.98 Å². The second-order valence-corrected chi connectivity index (χ2v) is 5.63. The van der Waals surface area contributed by atoms with Gasteiger partial charge in [0.15, 0.2) is 0 Å². The van der Waals surface area contributed by atoms with E-state index >= 15 is 0 Å². The van der Waals surface area contributed by atoms with Crippen LogP contribution in [0.15, 0.2) is 27.1 Å². The summed E-state index contributed by atoms with van der Waals surface area (Å²) in [5.41, 5.74) is 2.25. The molecule has 0 saturated heterocycles. The van der Waals surface area contributed by atoms with Gasteiger partial charge in [0.05, 0.1) is 5.52 Å². The number of halogens is 2. The first-order valence-electron chi connectivity index (χ1n) is 5.62. The minimum absolute atomic E-state index is 0.971. The summed E-state index contributed by atoms with van der Waals surface area (Å²) in [5, 5.41) is 4.33. The summed E-state index contributed by atoms with van der Waals surface area (Å²) in [4.78, 5) is 4.68. The lowest BCUT2D eigenvalue weighted by Crippen LogP contribution is -1.99. The Balaban J connectivity index is 2.73. The highest BCUT2D eigenvalue weighted by Crippen LogP contribution is 2.32. The number of rotatable bonds is 3. The van der Waals surface area contributed by atoms with E-state index in [9.17, 15) is 0 Å². The molecule has 4 heteroatoms. The van der Waals surface area contributed by atoms with Crippen molar-refractivity contribution in [3.05, 3.63) is 32.7 Å². The van der Waals surface area contributed by atoms with Gasteiger partial charge in [0.1, 0.15) is 5.82 Å². The third-order valence-electron chi connectivity index (χ3n) is 2.72. The molecular formula is C13H14Br2N2. The second kappa shape index (κ2) is 5.36. The Labute approximate surface area is 118 Å². The van der Waals surface area contributed by atoms with Crippen LogP contribution in [0.4, 0.5) is 5.82 Å². The third kappa shape index (κ3) is 2.47. The molecule has 2 nitrogen and oxygen atoms in total. The fourth-order valence-electron chi connectivity index (χ4n) is 1.91. The van der Waals surface area contributed by atoms with Gasteiger partial charge in [-0.25, -0.2) is 4.98 Å². The summed E-state index contributed by atoms with van der Waals surface area (Å²) in [6, 6.07) is 6.27. The summed E-state index contributed by atoms with van der Waals surface area (Å²) in [6.07, 6.45) is 2.16. The number of hydrogen-bond donors (Lipinski definition) is 1. The molecule has 90 valence electrons. The highest BCUT2D eigenvalue weighted by atomic mass is 79.9. The van der Waals surface area contributed by atoms with E-state index < -0.39 is 0 Å². The Bertz CT molecular complexity index is 553. The number of pyridine rings is 1. The quantitative estimate of drug-likeness (QED) is 0.856. The van der Waals surface area contributed by atoms with Crippen LogP contribution < -0.4 is 5.32 Å². The maximum atomic E-state index is 4.68. The average Bonchev–Trinajstić information content (AvgIpc) is 2.34. The first-order valence-corrected chi connectivity index (χ1v) is 7.21. The van der Waals surface area contributed by atoms with E-state index in [-0.39, 0.29) is 0 Å². The number of aromatic nitrogens is 1. The van der Waals surface area contributed by atoms with Gasteiger partial charge in [-0.1, -0.05) is 29.3 Å². The molecule has 0 bridgehead atoms. The molecule has 0 aliphatic heterocycles. The number of aryl methyl sites for hydroxylation is 1. The van der Waals surface area contributed by atoms with Crippen LogP contribution in [-0.2, 0) is 6.42 Å². The van der Waals surface area contributed by atoms with E-state index in [1.807, 2.05) is 19.2 Å². The minimum atomic E-state index is 0.971. The van der Waals surface area contributed by atoms with Crippen molar-refractivity contribution in [3.8, 4) is 0 Å². The number of nitrogens with one attached hydrogen (secondary N) is 1. The van der Waals surface area contributed by atoms with Gasteiger partial charge in [-0.3, -0.25) is 0 Å². The van der Waals surface area contributed by atoms with Gasteiger partial charge in [0.2, 0.25) is 0 Å². The molecule has 1 aromatic heterocycles. The second-order valence-electron chi connectivity index (χ2n) is 3.92. The summed E-state index contributed by atoms with van der Waals surface area (Å²) in [5.74, 6) is 0.971. The average molecular weight is 358 g/mol. The fraction of sp³-hybridized carbons (Fsp3) is 0.308. The number of fused-ring (bicyclic) bond motifs is 1. The number of hydrogen-bond acceptors (Lipinski definition) is 2. The van der Waals surface area contributed by atoms with Gasteiger partial charge in [0, 0.05) is 21.4 Å². The first-order chi connectivity index (χ1) is 8.17. The summed E-state index contributed by atoms with van der Waals surface area (Å²) >= 11 is 7.13. The van der Waals surface area contributed by atoms with Crippen LogP contribution in [0.25, 0.3) is 10.9 Å². The predicted octanol–water partition coefficient (Wildman–Crippen LogP) is 4.75. The Kier molecular flexibility index (Phi) is 4.05.